The number of sulfonamides is 1. The Hall–Kier alpha value is -3.56. The molecule has 242 valence electrons. The lowest BCUT2D eigenvalue weighted by Crippen LogP contribution is -2.53. The van der Waals surface area contributed by atoms with Gasteiger partial charge in [-0.1, -0.05) is 115 Å². The summed E-state index contributed by atoms with van der Waals surface area (Å²) in [4.78, 5) is 29.8. The summed E-state index contributed by atoms with van der Waals surface area (Å²) in [6, 6.07) is 26.1. The van der Waals surface area contributed by atoms with Gasteiger partial charge in [-0.2, -0.15) is 0 Å². The topological polar surface area (TPSA) is 86.8 Å². The van der Waals surface area contributed by atoms with Crippen LogP contribution in [0.4, 0.5) is 5.69 Å². The summed E-state index contributed by atoms with van der Waals surface area (Å²) in [5.74, 6) is -0.840. The van der Waals surface area contributed by atoms with Crippen molar-refractivity contribution < 1.29 is 18.0 Å². The van der Waals surface area contributed by atoms with Gasteiger partial charge in [-0.3, -0.25) is 13.9 Å². The quantitative estimate of drug-likeness (QED) is 0.156. The van der Waals surface area contributed by atoms with Crippen molar-refractivity contribution in [3.8, 4) is 0 Å². The zero-order valence-corrected chi connectivity index (χ0v) is 28.9. The molecule has 7 nitrogen and oxygen atoms in total. The molecule has 46 heavy (non-hydrogen) atoms. The first-order valence-electron chi connectivity index (χ1n) is 14.8. The van der Waals surface area contributed by atoms with Gasteiger partial charge in [0.25, 0.3) is 10.0 Å². The number of nitrogens with zero attached hydrogens (tertiary/aromatic N) is 2. The van der Waals surface area contributed by atoms with Gasteiger partial charge in [-0.05, 0) is 60.4 Å². The van der Waals surface area contributed by atoms with Gasteiger partial charge in [0.05, 0.1) is 15.6 Å². The molecule has 4 aromatic rings. The van der Waals surface area contributed by atoms with E-state index in [1.165, 1.54) is 35.2 Å². The van der Waals surface area contributed by atoms with Gasteiger partial charge in [-0.15, -0.1) is 0 Å². The molecule has 0 heterocycles. The molecule has 11 heteroatoms. The van der Waals surface area contributed by atoms with E-state index in [-0.39, 0.29) is 45.4 Å². The van der Waals surface area contributed by atoms with Crippen LogP contribution in [-0.2, 0) is 32.6 Å². The van der Waals surface area contributed by atoms with Gasteiger partial charge in [0.15, 0.2) is 0 Å². The lowest BCUT2D eigenvalue weighted by Gasteiger charge is -2.34. The highest BCUT2D eigenvalue weighted by atomic mass is 35.5. The molecule has 0 aromatic heterocycles. The maximum atomic E-state index is 14.6. The minimum absolute atomic E-state index is 0.0321. The minimum atomic E-state index is -4.33. The third-order valence-corrected chi connectivity index (χ3v) is 10.0. The second-order valence-corrected chi connectivity index (χ2v) is 14.5. The lowest BCUT2D eigenvalue weighted by atomic mass is 10.0. The molecule has 1 N–H and O–H groups in total. The molecule has 0 fully saturated rings. The highest BCUT2D eigenvalue weighted by Gasteiger charge is 2.35. The van der Waals surface area contributed by atoms with Gasteiger partial charge >= 0.3 is 0 Å². The van der Waals surface area contributed by atoms with Crippen LogP contribution in [0.25, 0.3) is 0 Å². The van der Waals surface area contributed by atoms with E-state index in [1.54, 1.807) is 36.4 Å². The van der Waals surface area contributed by atoms with Crippen LogP contribution < -0.4 is 9.62 Å². The van der Waals surface area contributed by atoms with Crippen LogP contribution in [-0.4, -0.2) is 44.3 Å². The van der Waals surface area contributed by atoms with Gasteiger partial charge in [0, 0.05) is 29.6 Å². The molecule has 0 saturated carbocycles. The Balaban J connectivity index is 1.84. The molecule has 0 aliphatic heterocycles. The zero-order valence-electron chi connectivity index (χ0n) is 25.8. The molecular weight excluding hydrogens is 665 g/mol. The predicted octanol–water partition coefficient (Wildman–Crippen LogP) is 7.56. The van der Waals surface area contributed by atoms with Crippen molar-refractivity contribution in [2.45, 2.75) is 44.7 Å². The first-order valence-corrected chi connectivity index (χ1v) is 17.3. The van der Waals surface area contributed by atoms with Crippen LogP contribution in [0.2, 0.25) is 15.1 Å². The summed E-state index contributed by atoms with van der Waals surface area (Å²) in [6.45, 7) is 5.47. The van der Waals surface area contributed by atoms with E-state index in [0.29, 0.717) is 17.1 Å². The minimum Gasteiger partial charge on any atom is -0.354 e. The summed E-state index contributed by atoms with van der Waals surface area (Å²) >= 11 is 19.4. The average Bonchev–Trinajstić information content (AvgIpc) is 3.03. The first kappa shape index (κ1) is 35.3. The van der Waals surface area contributed by atoms with Crippen molar-refractivity contribution in [2.24, 2.45) is 5.92 Å². The second kappa shape index (κ2) is 15.8. The highest BCUT2D eigenvalue weighted by molar-refractivity contribution is 7.92. The summed E-state index contributed by atoms with van der Waals surface area (Å²) in [5.41, 5.74) is 2.32. The number of nitrogens with one attached hydrogen (secondary N) is 1. The average molecular weight is 701 g/mol. The van der Waals surface area contributed by atoms with E-state index >= 15 is 0 Å². The normalized spacial score (nSPS) is 12.1. The summed E-state index contributed by atoms with van der Waals surface area (Å²) in [5, 5.41) is 3.69. The van der Waals surface area contributed by atoms with Crippen LogP contribution in [0.5, 0.6) is 0 Å². The van der Waals surface area contributed by atoms with Gasteiger partial charge < -0.3 is 10.2 Å². The van der Waals surface area contributed by atoms with E-state index in [4.69, 9.17) is 34.8 Å². The molecular formula is C35H36Cl3N3O4S. The maximum absolute atomic E-state index is 14.6. The third kappa shape index (κ3) is 9.04. The van der Waals surface area contributed by atoms with E-state index in [9.17, 15) is 18.0 Å². The largest absolute Gasteiger partial charge is 0.354 e. The number of benzene rings is 4. The van der Waals surface area contributed by atoms with Gasteiger partial charge in [0.2, 0.25) is 11.8 Å². The Morgan fingerprint density at radius 1 is 0.826 bits per heavy atom. The van der Waals surface area contributed by atoms with Crippen molar-refractivity contribution in [3.63, 3.8) is 0 Å². The number of aryl methyl sites for hydroxylation is 1. The zero-order chi connectivity index (χ0) is 33.4. The fraction of sp³-hybridized carbons (Fsp3) is 0.257. The first-order chi connectivity index (χ1) is 21.9. The predicted molar refractivity (Wildman–Crippen MR) is 186 cm³/mol. The van der Waals surface area contributed by atoms with E-state index in [2.05, 4.69) is 5.32 Å². The SMILES string of the molecule is Cc1ccc(S(=O)(=O)N(CC(=O)N(Cc2ccccc2Cl)[C@@H](Cc2ccccc2)C(=O)NCC(C)C)c2cc(Cl)ccc2Cl)cc1. The molecule has 2 amide bonds. The van der Waals surface area contributed by atoms with Crippen LogP contribution in [0.15, 0.2) is 102 Å². The number of hydrogen-bond donors (Lipinski definition) is 1. The summed E-state index contributed by atoms with van der Waals surface area (Å²) in [6.07, 6.45) is 0.184. The van der Waals surface area contributed by atoms with Crippen molar-refractivity contribution in [2.75, 3.05) is 17.4 Å². The van der Waals surface area contributed by atoms with Crippen molar-refractivity contribution in [1.29, 1.82) is 0 Å². The van der Waals surface area contributed by atoms with Gasteiger partial charge in [0.1, 0.15) is 12.6 Å². The molecule has 4 aromatic carbocycles. The number of hydrogen-bond acceptors (Lipinski definition) is 4. The fourth-order valence-corrected chi connectivity index (χ4v) is 6.87. The molecule has 4 rings (SSSR count). The third-order valence-electron chi connectivity index (χ3n) is 7.32. The Bertz CT molecular complexity index is 1770. The summed E-state index contributed by atoms with van der Waals surface area (Å²) in [7, 11) is -4.33. The molecule has 0 unspecified atom stereocenters. The van der Waals surface area contributed by atoms with Crippen molar-refractivity contribution in [3.05, 3.63) is 129 Å². The van der Waals surface area contributed by atoms with Crippen LogP contribution in [0.1, 0.15) is 30.5 Å². The molecule has 0 aliphatic carbocycles. The molecule has 0 aliphatic rings. The molecule has 0 saturated heterocycles. The van der Waals surface area contributed by atoms with Crippen LogP contribution in [0, 0.1) is 12.8 Å². The van der Waals surface area contributed by atoms with E-state index in [1.807, 2.05) is 51.1 Å². The Morgan fingerprint density at radius 3 is 2.13 bits per heavy atom. The Labute approximate surface area is 286 Å². The molecule has 1 atom stereocenters. The Morgan fingerprint density at radius 2 is 1.48 bits per heavy atom. The fourth-order valence-electron chi connectivity index (χ4n) is 4.81. The van der Waals surface area contributed by atoms with Gasteiger partial charge in [-0.25, -0.2) is 8.42 Å². The number of amides is 2. The molecule has 0 radical (unpaired) electrons. The summed E-state index contributed by atoms with van der Waals surface area (Å²) < 4.78 is 29.4. The van der Waals surface area contributed by atoms with E-state index < -0.39 is 28.5 Å². The monoisotopic (exact) mass is 699 g/mol. The van der Waals surface area contributed by atoms with Crippen molar-refractivity contribution in [1.82, 2.24) is 10.2 Å². The Kier molecular flexibility index (Phi) is 12.1. The number of anilines is 1. The number of carbonyl (C=O) groups is 2. The number of carbonyl (C=O) groups excluding carboxylic acids is 2. The second-order valence-electron chi connectivity index (χ2n) is 11.4. The molecule has 0 bridgehead atoms. The number of halogens is 3. The standard InChI is InChI=1S/C35H36Cl3N3O4S/c1-24(2)21-39-35(43)33(19-26-9-5-4-6-10-26)40(22-27-11-7-8-12-30(27)37)34(42)23-41(32-20-28(36)15-18-31(32)38)46(44,45)29-16-13-25(3)14-17-29/h4-18,20,24,33H,19,21-23H2,1-3H3,(H,39,43)/t33-/m0/s1. The lowest BCUT2D eigenvalue weighted by molar-refractivity contribution is -0.140. The van der Waals surface area contributed by atoms with Crippen molar-refractivity contribution >= 4 is 62.3 Å². The van der Waals surface area contributed by atoms with Crippen LogP contribution >= 0.6 is 34.8 Å². The smallest absolute Gasteiger partial charge is 0.264 e. The van der Waals surface area contributed by atoms with E-state index in [0.717, 1.165) is 15.4 Å². The van der Waals surface area contributed by atoms with Crippen LogP contribution in [0.3, 0.4) is 0 Å². The number of rotatable bonds is 13. The molecule has 0 spiro atoms. The maximum Gasteiger partial charge on any atom is 0.264 e. The highest BCUT2D eigenvalue weighted by Crippen LogP contribution is 2.33.